The molecule has 1 aromatic heterocycles. The molecule has 98 valence electrons. The molecule has 2 atom stereocenters. The van der Waals surface area contributed by atoms with Crippen LogP contribution < -0.4 is 0 Å². The minimum atomic E-state index is -0.511. The van der Waals surface area contributed by atoms with E-state index in [1.807, 2.05) is 7.05 Å². The monoisotopic (exact) mass is 258 g/mol. The van der Waals surface area contributed by atoms with Crippen molar-refractivity contribution in [2.45, 2.75) is 52.6 Å². The van der Waals surface area contributed by atoms with Crippen molar-refractivity contribution in [1.29, 1.82) is 0 Å². The highest BCUT2D eigenvalue weighted by Crippen LogP contribution is 2.34. The van der Waals surface area contributed by atoms with Gasteiger partial charge in [-0.3, -0.25) is 4.68 Å². The van der Waals surface area contributed by atoms with Crippen LogP contribution in [-0.4, -0.2) is 14.9 Å². The van der Waals surface area contributed by atoms with Crippen LogP contribution in [0.25, 0.3) is 0 Å². The lowest BCUT2D eigenvalue weighted by Gasteiger charge is -2.16. The highest BCUT2D eigenvalue weighted by molar-refractivity contribution is 6.30. The average molecular weight is 259 g/mol. The minimum absolute atomic E-state index is 0.273. The van der Waals surface area contributed by atoms with E-state index >= 15 is 0 Å². The lowest BCUT2D eigenvalue weighted by Crippen LogP contribution is -2.06. The first-order chi connectivity index (χ1) is 7.88. The maximum Gasteiger partial charge on any atom is 0.132 e. The summed E-state index contributed by atoms with van der Waals surface area (Å²) in [6.45, 7) is 8.41. The molecular weight excluding hydrogens is 236 g/mol. The molecule has 1 heterocycles. The van der Waals surface area contributed by atoms with Crippen molar-refractivity contribution in [1.82, 2.24) is 9.78 Å². The van der Waals surface area contributed by atoms with Crippen LogP contribution in [0.15, 0.2) is 0 Å². The molecule has 2 unspecified atom stereocenters. The molecule has 0 aliphatic rings. The van der Waals surface area contributed by atoms with Crippen LogP contribution in [-0.2, 0) is 7.05 Å². The highest BCUT2D eigenvalue weighted by atomic mass is 35.5. The second-order valence-electron chi connectivity index (χ2n) is 5.13. The summed E-state index contributed by atoms with van der Waals surface area (Å²) in [5, 5.41) is 15.3. The van der Waals surface area contributed by atoms with Gasteiger partial charge in [0.15, 0.2) is 0 Å². The second-order valence-corrected chi connectivity index (χ2v) is 5.49. The number of halogens is 1. The van der Waals surface area contributed by atoms with E-state index in [2.05, 4.69) is 32.8 Å². The zero-order valence-electron chi connectivity index (χ0n) is 11.4. The fourth-order valence-electron chi connectivity index (χ4n) is 1.94. The van der Waals surface area contributed by atoms with Crippen LogP contribution in [0.4, 0.5) is 0 Å². The Morgan fingerprint density at radius 1 is 1.35 bits per heavy atom. The van der Waals surface area contributed by atoms with Crippen molar-refractivity contribution in [3.8, 4) is 0 Å². The zero-order valence-corrected chi connectivity index (χ0v) is 12.1. The first kappa shape index (κ1) is 14.5. The van der Waals surface area contributed by atoms with Crippen LogP contribution in [0.2, 0.25) is 5.15 Å². The Hall–Kier alpha value is -0.540. The summed E-state index contributed by atoms with van der Waals surface area (Å²) in [4.78, 5) is 0. The van der Waals surface area contributed by atoms with Crippen LogP contribution in [0, 0.1) is 5.92 Å². The minimum Gasteiger partial charge on any atom is -0.388 e. The van der Waals surface area contributed by atoms with Gasteiger partial charge < -0.3 is 5.11 Å². The third-order valence-electron chi connectivity index (χ3n) is 3.24. The average Bonchev–Trinajstić information content (AvgIpc) is 2.55. The van der Waals surface area contributed by atoms with E-state index in [0.717, 1.165) is 24.1 Å². The summed E-state index contributed by atoms with van der Waals surface area (Å²) >= 11 is 6.22. The lowest BCUT2D eigenvalue weighted by molar-refractivity contribution is 0.145. The first-order valence-electron chi connectivity index (χ1n) is 6.28. The van der Waals surface area contributed by atoms with E-state index in [-0.39, 0.29) is 5.92 Å². The number of aryl methyl sites for hydroxylation is 1. The number of aliphatic hydroxyl groups excluding tert-OH is 1. The van der Waals surface area contributed by atoms with E-state index in [0.29, 0.717) is 11.1 Å². The number of rotatable bonds is 5. The second kappa shape index (κ2) is 5.87. The third-order valence-corrected chi connectivity index (χ3v) is 3.69. The topological polar surface area (TPSA) is 38.1 Å². The molecule has 0 spiro atoms. The molecule has 0 radical (unpaired) electrons. The number of aliphatic hydroxyl groups is 1. The summed E-state index contributed by atoms with van der Waals surface area (Å²) < 4.78 is 1.64. The molecule has 0 aliphatic carbocycles. The van der Waals surface area contributed by atoms with Gasteiger partial charge in [0.2, 0.25) is 0 Å². The van der Waals surface area contributed by atoms with Crippen molar-refractivity contribution < 1.29 is 5.11 Å². The van der Waals surface area contributed by atoms with E-state index in [9.17, 15) is 5.11 Å². The molecule has 0 amide bonds. The quantitative estimate of drug-likeness (QED) is 0.875. The van der Waals surface area contributed by atoms with Gasteiger partial charge in [0.05, 0.1) is 11.8 Å². The summed E-state index contributed by atoms with van der Waals surface area (Å²) in [6.07, 6.45) is 1.29. The standard InChI is InChI=1S/C13H23ClN2O/c1-6-9(4)7-10(17)11-12(8(2)3)15-16(5)13(11)14/h8-10,17H,6-7H2,1-5H3. The molecule has 0 bridgehead atoms. The fraction of sp³-hybridized carbons (Fsp3) is 0.769. The molecule has 3 nitrogen and oxygen atoms in total. The molecule has 1 aromatic rings. The van der Waals surface area contributed by atoms with E-state index in [1.165, 1.54) is 0 Å². The summed E-state index contributed by atoms with van der Waals surface area (Å²) in [5.74, 6) is 0.761. The first-order valence-corrected chi connectivity index (χ1v) is 6.66. The predicted octanol–water partition coefficient (Wildman–Crippen LogP) is 3.67. The molecular formula is C13H23ClN2O. The molecule has 0 aromatic carbocycles. The summed E-state index contributed by atoms with van der Waals surface area (Å²) in [7, 11) is 1.81. The van der Waals surface area contributed by atoms with E-state index < -0.39 is 6.10 Å². The zero-order chi connectivity index (χ0) is 13.2. The number of aromatic nitrogens is 2. The summed E-state index contributed by atoms with van der Waals surface area (Å²) in [5.41, 5.74) is 1.72. The van der Waals surface area contributed by atoms with Gasteiger partial charge in [-0.25, -0.2) is 0 Å². The number of nitrogens with zero attached hydrogens (tertiary/aromatic N) is 2. The van der Waals surface area contributed by atoms with Gasteiger partial charge >= 0.3 is 0 Å². The Balaban J connectivity index is 3.02. The van der Waals surface area contributed by atoms with Crippen LogP contribution in [0.3, 0.4) is 0 Å². The molecule has 0 saturated carbocycles. The van der Waals surface area contributed by atoms with Gasteiger partial charge in [-0.05, 0) is 18.3 Å². The maximum atomic E-state index is 10.3. The van der Waals surface area contributed by atoms with E-state index in [1.54, 1.807) is 4.68 Å². The van der Waals surface area contributed by atoms with Gasteiger partial charge in [0, 0.05) is 12.6 Å². The molecule has 1 N–H and O–H groups in total. The van der Waals surface area contributed by atoms with Gasteiger partial charge in [-0.1, -0.05) is 45.7 Å². The van der Waals surface area contributed by atoms with Crippen molar-refractivity contribution in [2.75, 3.05) is 0 Å². The highest BCUT2D eigenvalue weighted by Gasteiger charge is 2.24. The molecule has 0 aliphatic heterocycles. The van der Waals surface area contributed by atoms with E-state index in [4.69, 9.17) is 11.6 Å². The van der Waals surface area contributed by atoms with Crippen molar-refractivity contribution >= 4 is 11.6 Å². The SMILES string of the molecule is CCC(C)CC(O)c1c(C(C)C)nn(C)c1Cl. The van der Waals surface area contributed by atoms with Gasteiger partial charge in [-0.2, -0.15) is 5.10 Å². The number of hydrogen-bond acceptors (Lipinski definition) is 2. The Morgan fingerprint density at radius 2 is 1.94 bits per heavy atom. The normalized spacial score (nSPS) is 15.3. The Bertz CT molecular complexity index is 374. The Labute approximate surface area is 109 Å². The molecule has 0 fully saturated rings. The molecule has 0 saturated heterocycles. The Kier molecular flexibility index (Phi) is 5.02. The van der Waals surface area contributed by atoms with Gasteiger partial charge in [0.25, 0.3) is 0 Å². The van der Waals surface area contributed by atoms with Crippen LogP contribution in [0.5, 0.6) is 0 Å². The molecule has 4 heteroatoms. The van der Waals surface area contributed by atoms with Gasteiger partial charge in [-0.15, -0.1) is 0 Å². The predicted molar refractivity (Wildman–Crippen MR) is 71.3 cm³/mol. The summed E-state index contributed by atoms with van der Waals surface area (Å²) in [6, 6.07) is 0. The molecule has 17 heavy (non-hydrogen) atoms. The Morgan fingerprint density at radius 3 is 2.41 bits per heavy atom. The van der Waals surface area contributed by atoms with Crippen molar-refractivity contribution in [2.24, 2.45) is 13.0 Å². The van der Waals surface area contributed by atoms with Crippen molar-refractivity contribution in [3.63, 3.8) is 0 Å². The largest absolute Gasteiger partial charge is 0.388 e. The van der Waals surface area contributed by atoms with Gasteiger partial charge in [0.1, 0.15) is 5.15 Å². The smallest absolute Gasteiger partial charge is 0.132 e. The lowest BCUT2D eigenvalue weighted by atomic mass is 9.94. The van der Waals surface area contributed by atoms with Crippen LogP contribution >= 0.6 is 11.6 Å². The maximum absolute atomic E-state index is 10.3. The third kappa shape index (κ3) is 3.23. The molecule has 1 rings (SSSR count). The fourth-order valence-corrected chi connectivity index (χ4v) is 2.20. The number of hydrogen-bond donors (Lipinski definition) is 1. The van der Waals surface area contributed by atoms with Crippen LogP contribution in [0.1, 0.15) is 63.8 Å². The van der Waals surface area contributed by atoms with Crippen molar-refractivity contribution in [3.05, 3.63) is 16.4 Å².